The van der Waals surface area contributed by atoms with Crippen molar-refractivity contribution in [3.63, 3.8) is 0 Å². The first-order valence-electron chi connectivity index (χ1n) is 6.81. The number of hydrogen-bond donors (Lipinski definition) is 1. The van der Waals surface area contributed by atoms with Crippen LogP contribution in [0.25, 0.3) is 0 Å². The van der Waals surface area contributed by atoms with Crippen LogP contribution < -0.4 is 5.32 Å². The van der Waals surface area contributed by atoms with E-state index in [1.54, 1.807) is 0 Å². The summed E-state index contributed by atoms with van der Waals surface area (Å²) in [7, 11) is 0. The zero-order chi connectivity index (χ0) is 12.5. The topological polar surface area (TPSA) is 41.6 Å². The van der Waals surface area contributed by atoms with Gasteiger partial charge in [-0.2, -0.15) is 0 Å². The Bertz CT molecular complexity index is 289. The van der Waals surface area contributed by atoms with Crippen LogP contribution in [0.3, 0.4) is 0 Å². The van der Waals surface area contributed by atoms with Crippen molar-refractivity contribution in [2.75, 3.05) is 13.2 Å². The van der Waals surface area contributed by atoms with Crippen molar-refractivity contribution in [2.45, 2.75) is 64.3 Å². The zero-order valence-corrected chi connectivity index (χ0v) is 11.2. The number of rotatable bonds is 4. The van der Waals surface area contributed by atoms with E-state index >= 15 is 0 Å². The first kappa shape index (κ1) is 12.8. The van der Waals surface area contributed by atoms with E-state index in [9.17, 15) is 4.79 Å². The van der Waals surface area contributed by atoms with Gasteiger partial charge in [-0.15, -0.1) is 0 Å². The lowest BCUT2D eigenvalue weighted by Crippen LogP contribution is -2.43. The summed E-state index contributed by atoms with van der Waals surface area (Å²) >= 11 is 0. The van der Waals surface area contributed by atoms with Crippen LogP contribution in [0, 0.1) is 0 Å². The Morgan fingerprint density at radius 2 is 2.29 bits per heavy atom. The second-order valence-corrected chi connectivity index (χ2v) is 5.35. The molecule has 0 bridgehead atoms. The number of amides is 1. The van der Waals surface area contributed by atoms with Crippen molar-refractivity contribution in [1.82, 2.24) is 10.2 Å². The minimum atomic E-state index is -0.376. The molecule has 4 heteroatoms. The van der Waals surface area contributed by atoms with Crippen LogP contribution in [-0.2, 0) is 9.53 Å². The first-order valence-corrected chi connectivity index (χ1v) is 6.81. The van der Waals surface area contributed by atoms with Gasteiger partial charge in [-0.3, -0.25) is 10.1 Å². The molecule has 3 atom stereocenters. The predicted octanol–water partition coefficient (Wildman–Crippen LogP) is 1.50. The molecule has 2 saturated heterocycles. The number of nitrogens with one attached hydrogen (secondary N) is 1. The Kier molecular flexibility index (Phi) is 3.73. The second kappa shape index (κ2) is 4.94. The number of nitrogens with zero attached hydrogens (tertiary/aromatic N) is 1. The lowest BCUT2D eigenvalue weighted by Gasteiger charge is -2.25. The molecule has 2 aliphatic rings. The third-order valence-corrected chi connectivity index (χ3v) is 4.11. The molecule has 17 heavy (non-hydrogen) atoms. The maximum Gasteiger partial charge on any atom is 0.243 e. The first-order chi connectivity index (χ1) is 8.10. The van der Waals surface area contributed by atoms with Gasteiger partial charge < -0.3 is 9.64 Å². The summed E-state index contributed by atoms with van der Waals surface area (Å²) < 4.78 is 5.64. The number of ether oxygens (including phenoxy) is 1. The maximum atomic E-state index is 12.4. The highest BCUT2D eigenvalue weighted by Gasteiger charge is 2.46. The van der Waals surface area contributed by atoms with Gasteiger partial charge >= 0.3 is 0 Å². The standard InChI is InChI=1S/C13H24N2O2/c1-4-11-14-13(3,5-2)12(16)15(11)9-10-7-6-8-17-10/h10-11,14H,4-9H2,1-3H3. The molecule has 0 aromatic rings. The van der Waals surface area contributed by atoms with E-state index < -0.39 is 0 Å². The van der Waals surface area contributed by atoms with Crippen molar-refractivity contribution in [2.24, 2.45) is 0 Å². The largest absolute Gasteiger partial charge is 0.376 e. The molecule has 2 aliphatic heterocycles. The fourth-order valence-corrected chi connectivity index (χ4v) is 2.76. The van der Waals surface area contributed by atoms with Crippen molar-refractivity contribution in [1.29, 1.82) is 0 Å². The van der Waals surface area contributed by atoms with E-state index in [0.29, 0.717) is 0 Å². The van der Waals surface area contributed by atoms with Crippen molar-refractivity contribution in [3.8, 4) is 0 Å². The summed E-state index contributed by atoms with van der Waals surface area (Å²) in [5, 5.41) is 3.46. The summed E-state index contributed by atoms with van der Waals surface area (Å²) in [4.78, 5) is 14.4. The van der Waals surface area contributed by atoms with Crippen LogP contribution in [0.1, 0.15) is 46.5 Å². The van der Waals surface area contributed by atoms with E-state index in [1.165, 1.54) is 0 Å². The summed E-state index contributed by atoms with van der Waals surface area (Å²) in [5.74, 6) is 0.238. The van der Waals surface area contributed by atoms with Crippen molar-refractivity contribution >= 4 is 5.91 Å². The van der Waals surface area contributed by atoms with Crippen molar-refractivity contribution < 1.29 is 9.53 Å². The minimum Gasteiger partial charge on any atom is -0.376 e. The average molecular weight is 240 g/mol. The average Bonchev–Trinajstić information content (AvgIpc) is 2.92. The van der Waals surface area contributed by atoms with Crippen LogP contribution in [0.15, 0.2) is 0 Å². The van der Waals surface area contributed by atoms with Crippen LogP contribution in [0.4, 0.5) is 0 Å². The molecule has 2 heterocycles. The maximum absolute atomic E-state index is 12.4. The van der Waals surface area contributed by atoms with Gasteiger partial charge in [-0.05, 0) is 32.6 Å². The van der Waals surface area contributed by atoms with Gasteiger partial charge in [0.05, 0.1) is 17.8 Å². The molecule has 2 rings (SSSR count). The summed E-state index contributed by atoms with van der Waals surface area (Å²) in [6.45, 7) is 7.79. The fourth-order valence-electron chi connectivity index (χ4n) is 2.76. The van der Waals surface area contributed by atoms with Gasteiger partial charge in [0, 0.05) is 13.2 Å². The highest BCUT2D eigenvalue weighted by Crippen LogP contribution is 2.26. The lowest BCUT2D eigenvalue weighted by atomic mass is 9.99. The smallest absolute Gasteiger partial charge is 0.243 e. The molecule has 0 radical (unpaired) electrons. The van der Waals surface area contributed by atoms with Gasteiger partial charge in [0.2, 0.25) is 5.91 Å². The van der Waals surface area contributed by atoms with Crippen LogP contribution in [-0.4, -0.2) is 41.8 Å². The SMILES string of the molecule is CCC1NC(C)(CC)C(=O)N1CC1CCCO1. The summed E-state index contributed by atoms with van der Waals surface area (Å²) in [5.41, 5.74) is -0.376. The molecule has 4 nitrogen and oxygen atoms in total. The summed E-state index contributed by atoms with van der Waals surface area (Å²) in [6.07, 6.45) is 4.43. The number of hydrogen-bond acceptors (Lipinski definition) is 3. The zero-order valence-electron chi connectivity index (χ0n) is 11.2. The Morgan fingerprint density at radius 3 is 2.82 bits per heavy atom. The Balaban J connectivity index is 2.05. The Morgan fingerprint density at radius 1 is 1.53 bits per heavy atom. The number of carbonyl (C=O) groups is 1. The van der Waals surface area contributed by atoms with E-state index in [2.05, 4.69) is 19.2 Å². The quantitative estimate of drug-likeness (QED) is 0.809. The van der Waals surface area contributed by atoms with Gasteiger partial charge in [-0.25, -0.2) is 0 Å². The molecule has 0 saturated carbocycles. The highest BCUT2D eigenvalue weighted by molar-refractivity contribution is 5.88. The van der Waals surface area contributed by atoms with E-state index in [0.717, 1.165) is 38.8 Å². The van der Waals surface area contributed by atoms with Gasteiger partial charge in [0.15, 0.2) is 0 Å². The van der Waals surface area contributed by atoms with E-state index in [-0.39, 0.29) is 23.7 Å². The second-order valence-electron chi connectivity index (χ2n) is 5.35. The van der Waals surface area contributed by atoms with Crippen LogP contribution in [0.5, 0.6) is 0 Å². The third kappa shape index (κ3) is 2.33. The third-order valence-electron chi connectivity index (χ3n) is 4.11. The molecule has 0 aliphatic carbocycles. The monoisotopic (exact) mass is 240 g/mol. The molecule has 3 unspecified atom stereocenters. The highest BCUT2D eigenvalue weighted by atomic mass is 16.5. The molecular weight excluding hydrogens is 216 g/mol. The lowest BCUT2D eigenvalue weighted by molar-refractivity contribution is -0.134. The molecular formula is C13H24N2O2. The van der Waals surface area contributed by atoms with Gasteiger partial charge in [0.1, 0.15) is 0 Å². The fraction of sp³-hybridized carbons (Fsp3) is 0.923. The molecule has 0 spiro atoms. The van der Waals surface area contributed by atoms with Crippen LogP contribution >= 0.6 is 0 Å². The van der Waals surface area contributed by atoms with E-state index in [4.69, 9.17) is 4.74 Å². The predicted molar refractivity (Wildman–Crippen MR) is 66.6 cm³/mol. The molecule has 0 aromatic carbocycles. The molecule has 1 amide bonds. The molecule has 1 N–H and O–H groups in total. The van der Waals surface area contributed by atoms with Gasteiger partial charge in [0.25, 0.3) is 0 Å². The Hall–Kier alpha value is -0.610. The van der Waals surface area contributed by atoms with Crippen LogP contribution in [0.2, 0.25) is 0 Å². The van der Waals surface area contributed by atoms with E-state index in [1.807, 2.05) is 11.8 Å². The molecule has 0 aromatic heterocycles. The molecule has 2 fully saturated rings. The van der Waals surface area contributed by atoms with Gasteiger partial charge in [-0.1, -0.05) is 13.8 Å². The normalized spacial score (nSPS) is 38.1. The summed E-state index contributed by atoms with van der Waals surface area (Å²) in [6, 6.07) is 0. The Labute approximate surface area is 104 Å². The molecule has 98 valence electrons. The van der Waals surface area contributed by atoms with Crippen molar-refractivity contribution in [3.05, 3.63) is 0 Å². The minimum absolute atomic E-state index is 0.177. The number of carbonyl (C=O) groups excluding carboxylic acids is 1.